The summed E-state index contributed by atoms with van der Waals surface area (Å²) in [6.45, 7) is 1.71. The molecule has 1 rings (SSSR count). The van der Waals surface area contributed by atoms with Crippen molar-refractivity contribution in [2.45, 2.75) is 44.8 Å². The number of cyclic esters (lactones) is 1. The molecule has 2 unspecified atom stereocenters. The van der Waals surface area contributed by atoms with Gasteiger partial charge in [0.2, 0.25) is 0 Å². The molecule has 3 heteroatoms. The predicted molar refractivity (Wildman–Crippen MR) is 40.0 cm³/mol. The first kappa shape index (κ1) is 8.53. The van der Waals surface area contributed by atoms with Crippen molar-refractivity contribution in [2.24, 2.45) is 0 Å². The molecule has 1 aliphatic heterocycles. The maximum Gasteiger partial charge on any atom is 0.306 e. The van der Waals surface area contributed by atoms with Gasteiger partial charge < -0.3 is 9.84 Å². The van der Waals surface area contributed by atoms with Crippen molar-refractivity contribution < 1.29 is 14.6 Å². The lowest BCUT2D eigenvalue weighted by molar-refractivity contribution is -0.155. The standard InChI is InChI=1S/C8H14O3/c1-6(9)5-7-3-2-4-8(10)11-7/h6-7,9H,2-5H2,1H3. The number of carbonyl (C=O) groups is 1. The van der Waals surface area contributed by atoms with E-state index in [4.69, 9.17) is 9.84 Å². The van der Waals surface area contributed by atoms with E-state index in [2.05, 4.69) is 0 Å². The van der Waals surface area contributed by atoms with Gasteiger partial charge in [0.05, 0.1) is 6.10 Å². The Morgan fingerprint density at radius 3 is 3.09 bits per heavy atom. The van der Waals surface area contributed by atoms with Crippen LogP contribution in [-0.2, 0) is 9.53 Å². The van der Waals surface area contributed by atoms with Crippen molar-refractivity contribution in [3.8, 4) is 0 Å². The van der Waals surface area contributed by atoms with Crippen molar-refractivity contribution >= 4 is 5.97 Å². The zero-order chi connectivity index (χ0) is 8.27. The van der Waals surface area contributed by atoms with Gasteiger partial charge in [-0.15, -0.1) is 0 Å². The maximum atomic E-state index is 10.8. The Kier molecular flexibility index (Phi) is 2.88. The summed E-state index contributed by atoms with van der Waals surface area (Å²) < 4.78 is 5.00. The van der Waals surface area contributed by atoms with Gasteiger partial charge in [-0.1, -0.05) is 0 Å². The number of aliphatic hydroxyl groups excluding tert-OH is 1. The third-order valence-corrected chi connectivity index (χ3v) is 1.81. The molecule has 1 saturated heterocycles. The van der Waals surface area contributed by atoms with Crippen LogP contribution < -0.4 is 0 Å². The third-order valence-electron chi connectivity index (χ3n) is 1.81. The average Bonchev–Trinajstić information content (AvgIpc) is 1.85. The van der Waals surface area contributed by atoms with Crippen LogP contribution in [0.15, 0.2) is 0 Å². The number of esters is 1. The molecule has 0 aromatic heterocycles. The van der Waals surface area contributed by atoms with Crippen LogP contribution >= 0.6 is 0 Å². The van der Waals surface area contributed by atoms with Crippen LogP contribution in [0, 0.1) is 0 Å². The van der Waals surface area contributed by atoms with Crippen molar-refractivity contribution in [2.75, 3.05) is 0 Å². The molecule has 1 heterocycles. The molecule has 0 bridgehead atoms. The van der Waals surface area contributed by atoms with E-state index in [-0.39, 0.29) is 18.2 Å². The Labute approximate surface area is 66.4 Å². The summed E-state index contributed by atoms with van der Waals surface area (Å²) in [6.07, 6.45) is 2.50. The highest BCUT2D eigenvalue weighted by Crippen LogP contribution is 2.17. The van der Waals surface area contributed by atoms with Gasteiger partial charge in [-0.2, -0.15) is 0 Å². The Bertz CT molecular complexity index is 142. The topological polar surface area (TPSA) is 46.5 Å². The number of aliphatic hydroxyl groups is 1. The molecular weight excluding hydrogens is 144 g/mol. The number of hydrogen-bond acceptors (Lipinski definition) is 3. The van der Waals surface area contributed by atoms with Gasteiger partial charge in [-0.25, -0.2) is 0 Å². The largest absolute Gasteiger partial charge is 0.462 e. The van der Waals surface area contributed by atoms with Crippen molar-refractivity contribution in [3.05, 3.63) is 0 Å². The molecule has 0 aromatic carbocycles. The molecule has 1 N–H and O–H groups in total. The van der Waals surface area contributed by atoms with E-state index >= 15 is 0 Å². The van der Waals surface area contributed by atoms with Crippen LogP contribution in [0.25, 0.3) is 0 Å². The maximum absolute atomic E-state index is 10.8. The minimum Gasteiger partial charge on any atom is -0.462 e. The first-order valence-electron chi connectivity index (χ1n) is 4.06. The average molecular weight is 158 g/mol. The fourth-order valence-corrected chi connectivity index (χ4v) is 1.32. The molecule has 1 aliphatic rings. The van der Waals surface area contributed by atoms with Crippen molar-refractivity contribution in [1.82, 2.24) is 0 Å². The molecule has 0 aromatic rings. The molecule has 0 saturated carbocycles. The summed E-state index contributed by atoms with van der Waals surface area (Å²) in [6, 6.07) is 0. The van der Waals surface area contributed by atoms with Crippen LogP contribution in [0.2, 0.25) is 0 Å². The lowest BCUT2D eigenvalue weighted by Crippen LogP contribution is -2.26. The van der Waals surface area contributed by atoms with E-state index in [0.29, 0.717) is 12.8 Å². The van der Waals surface area contributed by atoms with Crippen LogP contribution in [0.4, 0.5) is 0 Å². The van der Waals surface area contributed by atoms with Crippen molar-refractivity contribution in [1.29, 1.82) is 0 Å². The molecule has 2 atom stereocenters. The first-order chi connectivity index (χ1) is 5.18. The van der Waals surface area contributed by atoms with Crippen molar-refractivity contribution in [3.63, 3.8) is 0 Å². The highest BCUT2D eigenvalue weighted by atomic mass is 16.5. The van der Waals surface area contributed by atoms with Gasteiger partial charge in [-0.3, -0.25) is 4.79 Å². The smallest absolute Gasteiger partial charge is 0.306 e. The predicted octanol–water partition coefficient (Wildman–Crippen LogP) is 0.853. The highest BCUT2D eigenvalue weighted by Gasteiger charge is 2.21. The van der Waals surface area contributed by atoms with Crippen LogP contribution in [0.5, 0.6) is 0 Å². The number of ether oxygens (including phenoxy) is 1. The Hall–Kier alpha value is -0.570. The Morgan fingerprint density at radius 2 is 2.55 bits per heavy atom. The summed E-state index contributed by atoms with van der Waals surface area (Å²) in [5.74, 6) is -0.123. The Balaban J connectivity index is 2.28. The number of rotatable bonds is 2. The fourth-order valence-electron chi connectivity index (χ4n) is 1.32. The van der Waals surface area contributed by atoms with E-state index in [1.54, 1.807) is 6.92 Å². The summed E-state index contributed by atoms with van der Waals surface area (Å²) >= 11 is 0. The third kappa shape index (κ3) is 2.89. The Morgan fingerprint density at radius 1 is 1.82 bits per heavy atom. The van der Waals surface area contributed by atoms with Gasteiger partial charge in [0.1, 0.15) is 6.10 Å². The second-order valence-corrected chi connectivity index (χ2v) is 3.09. The molecule has 1 fully saturated rings. The SMILES string of the molecule is CC(O)CC1CCCC(=O)O1. The van der Waals surface area contributed by atoms with Gasteiger partial charge >= 0.3 is 5.97 Å². The van der Waals surface area contributed by atoms with E-state index in [1.807, 2.05) is 0 Å². The molecule has 3 nitrogen and oxygen atoms in total. The molecule has 0 aliphatic carbocycles. The van der Waals surface area contributed by atoms with E-state index in [1.165, 1.54) is 0 Å². The summed E-state index contributed by atoms with van der Waals surface area (Å²) in [4.78, 5) is 10.8. The van der Waals surface area contributed by atoms with Crippen LogP contribution in [0.1, 0.15) is 32.6 Å². The highest BCUT2D eigenvalue weighted by molar-refractivity contribution is 5.70. The minimum absolute atomic E-state index is 0.0451. The lowest BCUT2D eigenvalue weighted by atomic mass is 10.0. The monoisotopic (exact) mass is 158 g/mol. The first-order valence-corrected chi connectivity index (χ1v) is 4.06. The fraction of sp³-hybridized carbons (Fsp3) is 0.875. The normalized spacial score (nSPS) is 27.8. The van der Waals surface area contributed by atoms with Crippen LogP contribution in [-0.4, -0.2) is 23.3 Å². The molecule has 11 heavy (non-hydrogen) atoms. The van der Waals surface area contributed by atoms with Gasteiger partial charge in [-0.05, 0) is 19.8 Å². The van der Waals surface area contributed by atoms with Gasteiger partial charge in [0.25, 0.3) is 0 Å². The van der Waals surface area contributed by atoms with Crippen LogP contribution in [0.3, 0.4) is 0 Å². The summed E-state index contributed by atoms with van der Waals surface area (Å²) in [5.41, 5.74) is 0. The quantitative estimate of drug-likeness (QED) is 0.606. The van der Waals surface area contributed by atoms with Gasteiger partial charge in [0.15, 0.2) is 0 Å². The zero-order valence-electron chi connectivity index (χ0n) is 6.75. The number of hydrogen-bond donors (Lipinski definition) is 1. The molecule has 0 radical (unpaired) electrons. The minimum atomic E-state index is -0.370. The number of carbonyl (C=O) groups excluding carboxylic acids is 1. The molecule has 0 amide bonds. The molecule has 0 spiro atoms. The molecular formula is C8H14O3. The zero-order valence-corrected chi connectivity index (χ0v) is 6.75. The summed E-state index contributed by atoms with van der Waals surface area (Å²) in [7, 11) is 0. The summed E-state index contributed by atoms with van der Waals surface area (Å²) in [5, 5.41) is 9.00. The lowest BCUT2D eigenvalue weighted by Gasteiger charge is -2.22. The van der Waals surface area contributed by atoms with Gasteiger partial charge in [0, 0.05) is 12.8 Å². The second-order valence-electron chi connectivity index (χ2n) is 3.09. The van der Waals surface area contributed by atoms with E-state index in [9.17, 15) is 4.79 Å². The van der Waals surface area contributed by atoms with E-state index in [0.717, 1.165) is 12.8 Å². The second kappa shape index (κ2) is 3.72. The molecule has 64 valence electrons. The van der Waals surface area contributed by atoms with E-state index < -0.39 is 0 Å².